The molecule has 1 aromatic heterocycles. The monoisotopic (exact) mass is 401 g/mol. The van der Waals surface area contributed by atoms with Crippen molar-refractivity contribution in [1.82, 2.24) is 15.2 Å². The highest BCUT2D eigenvalue weighted by Gasteiger charge is 2.22. The molecule has 0 aliphatic carbocycles. The minimum absolute atomic E-state index is 0.342. The average Bonchev–Trinajstić information content (AvgIpc) is 3.15. The van der Waals surface area contributed by atoms with Crippen molar-refractivity contribution in [1.29, 1.82) is 0 Å². The minimum atomic E-state index is -0.464. The second kappa shape index (κ2) is 9.31. The van der Waals surface area contributed by atoms with Gasteiger partial charge in [0, 0.05) is 12.1 Å². The highest BCUT2D eigenvalue weighted by Crippen LogP contribution is 2.24. The fourth-order valence-electron chi connectivity index (χ4n) is 3.35. The lowest BCUT2D eigenvalue weighted by Crippen LogP contribution is -2.40. The first kappa shape index (κ1) is 21.2. The molecule has 0 bridgehead atoms. The van der Waals surface area contributed by atoms with Gasteiger partial charge in [0.05, 0.1) is 19.9 Å². The number of alkyl carbamates (subject to hydrolysis) is 1. The third kappa shape index (κ3) is 6.49. The van der Waals surface area contributed by atoms with E-state index in [4.69, 9.17) is 13.9 Å². The molecule has 1 amide bonds. The number of nitrogens with zero attached hydrogens (tertiary/aromatic N) is 2. The number of ether oxygens (including phenoxy) is 2. The molecule has 7 heteroatoms. The number of carbonyl (C=O) groups excluding carboxylic acids is 1. The molecule has 1 N–H and O–H groups in total. The zero-order valence-electron chi connectivity index (χ0n) is 17.7. The maximum Gasteiger partial charge on any atom is 0.407 e. The first-order chi connectivity index (χ1) is 13.8. The zero-order valence-corrected chi connectivity index (χ0v) is 17.7. The quantitative estimate of drug-likeness (QED) is 0.786. The van der Waals surface area contributed by atoms with Crippen LogP contribution in [0.15, 0.2) is 34.9 Å². The molecule has 0 unspecified atom stereocenters. The fraction of sp³-hybridized carbons (Fsp3) is 0.545. The molecular formula is C22H31N3O4. The number of nitrogens with one attached hydrogen (secondary N) is 1. The normalized spacial score (nSPS) is 15.9. The van der Waals surface area contributed by atoms with E-state index in [1.165, 1.54) is 0 Å². The van der Waals surface area contributed by atoms with Crippen molar-refractivity contribution in [3.05, 3.63) is 36.4 Å². The number of piperidine rings is 1. The molecule has 0 radical (unpaired) electrons. The van der Waals surface area contributed by atoms with E-state index in [0.717, 1.165) is 48.9 Å². The van der Waals surface area contributed by atoms with Gasteiger partial charge in [0.2, 0.25) is 5.89 Å². The molecule has 1 aliphatic heterocycles. The third-order valence-corrected chi connectivity index (χ3v) is 4.93. The van der Waals surface area contributed by atoms with Crippen molar-refractivity contribution < 1.29 is 18.7 Å². The highest BCUT2D eigenvalue weighted by atomic mass is 16.6. The van der Waals surface area contributed by atoms with Crippen molar-refractivity contribution in [2.45, 2.75) is 45.8 Å². The lowest BCUT2D eigenvalue weighted by atomic mass is 9.97. The van der Waals surface area contributed by atoms with E-state index in [0.29, 0.717) is 19.0 Å². The topological polar surface area (TPSA) is 76.8 Å². The summed E-state index contributed by atoms with van der Waals surface area (Å²) in [5, 5.41) is 2.88. The van der Waals surface area contributed by atoms with Gasteiger partial charge in [-0.15, -0.1) is 0 Å². The Bertz CT molecular complexity index is 787. The van der Waals surface area contributed by atoms with Gasteiger partial charge in [-0.2, -0.15) is 0 Å². The van der Waals surface area contributed by atoms with Crippen molar-refractivity contribution in [2.75, 3.05) is 26.7 Å². The summed E-state index contributed by atoms with van der Waals surface area (Å²) in [6.45, 7) is 8.88. The predicted octanol–water partition coefficient (Wildman–Crippen LogP) is 4.09. The number of aromatic nitrogens is 1. The zero-order chi connectivity index (χ0) is 20.9. The molecule has 3 rings (SSSR count). The summed E-state index contributed by atoms with van der Waals surface area (Å²) in [7, 11) is 1.65. The number of amides is 1. The molecular weight excluding hydrogens is 370 g/mol. The Hall–Kier alpha value is -2.54. The second-order valence-corrected chi connectivity index (χ2v) is 8.45. The summed E-state index contributed by atoms with van der Waals surface area (Å²) >= 11 is 0. The Morgan fingerprint density at radius 2 is 1.93 bits per heavy atom. The first-order valence-electron chi connectivity index (χ1n) is 10.1. The summed E-state index contributed by atoms with van der Waals surface area (Å²) in [4.78, 5) is 18.6. The Morgan fingerprint density at radius 1 is 1.24 bits per heavy atom. The summed E-state index contributed by atoms with van der Waals surface area (Å²) in [5.41, 5.74) is 0.519. The van der Waals surface area contributed by atoms with Gasteiger partial charge in [-0.3, -0.25) is 4.90 Å². The Balaban J connectivity index is 1.43. The van der Waals surface area contributed by atoms with Crippen LogP contribution in [0.1, 0.15) is 39.5 Å². The van der Waals surface area contributed by atoms with Crippen LogP contribution in [0.4, 0.5) is 4.79 Å². The average molecular weight is 402 g/mol. The van der Waals surface area contributed by atoms with Gasteiger partial charge in [0.25, 0.3) is 0 Å². The lowest BCUT2D eigenvalue weighted by Gasteiger charge is -2.31. The molecule has 2 aromatic rings. The fourth-order valence-corrected chi connectivity index (χ4v) is 3.35. The number of likely N-dealkylation sites (tertiary alicyclic amines) is 1. The molecule has 1 aliphatic rings. The van der Waals surface area contributed by atoms with E-state index in [1.807, 2.05) is 45.0 Å². The van der Waals surface area contributed by atoms with Crippen LogP contribution in [0, 0.1) is 5.92 Å². The molecule has 29 heavy (non-hydrogen) atoms. The minimum Gasteiger partial charge on any atom is -0.497 e. The Morgan fingerprint density at radius 3 is 2.55 bits per heavy atom. The molecule has 1 saturated heterocycles. The highest BCUT2D eigenvalue weighted by molar-refractivity contribution is 5.67. The summed E-state index contributed by atoms with van der Waals surface area (Å²) in [5.74, 6) is 2.77. The van der Waals surface area contributed by atoms with Crippen LogP contribution in [0.5, 0.6) is 5.75 Å². The molecule has 0 saturated carbocycles. The summed E-state index contributed by atoms with van der Waals surface area (Å²) in [6, 6.07) is 7.75. The standard InChI is InChI=1S/C22H31N3O4/c1-22(2,3)29-21(26)24-13-16-9-11-25(12-10-16)15-20-23-14-19(28-20)17-5-7-18(27-4)8-6-17/h5-8,14,16H,9-13,15H2,1-4H3,(H,24,26). The van der Waals surface area contributed by atoms with Crippen LogP contribution in [0.3, 0.4) is 0 Å². The van der Waals surface area contributed by atoms with Crippen LogP contribution >= 0.6 is 0 Å². The number of oxazole rings is 1. The van der Waals surface area contributed by atoms with E-state index in [9.17, 15) is 4.79 Å². The SMILES string of the molecule is COc1ccc(-c2cnc(CN3CCC(CNC(=O)OC(C)(C)C)CC3)o2)cc1. The predicted molar refractivity (Wildman–Crippen MR) is 111 cm³/mol. The van der Waals surface area contributed by atoms with Gasteiger partial charge in [0.1, 0.15) is 11.4 Å². The number of rotatable bonds is 6. The molecule has 0 atom stereocenters. The Labute approximate surface area is 172 Å². The summed E-state index contributed by atoms with van der Waals surface area (Å²) in [6.07, 6.45) is 3.49. The van der Waals surface area contributed by atoms with Crippen molar-refractivity contribution >= 4 is 6.09 Å². The van der Waals surface area contributed by atoms with E-state index < -0.39 is 5.60 Å². The summed E-state index contributed by atoms with van der Waals surface area (Å²) < 4.78 is 16.4. The molecule has 1 fully saturated rings. The number of methoxy groups -OCH3 is 1. The number of carbonyl (C=O) groups is 1. The molecule has 2 heterocycles. The second-order valence-electron chi connectivity index (χ2n) is 8.45. The first-order valence-corrected chi connectivity index (χ1v) is 10.1. The molecule has 7 nitrogen and oxygen atoms in total. The van der Waals surface area contributed by atoms with Crippen LogP contribution in [-0.4, -0.2) is 48.3 Å². The van der Waals surface area contributed by atoms with Crippen LogP contribution < -0.4 is 10.1 Å². The maximum atomic E-state index is 11.8. The lowest BCUT2D eigenvalue weighted by molar-refractivity contribution is 0.0509. The van der Waals surface area contributed by atoms with Gasteiger partial charge < -0.3 is 19.2 Å². The van der Waals surface area contributed by atoms with E-state index >= 15 is 0 Å². The van der Waals surface area contributed by atoms with Crippen LogP contribution in [0.2, 0.25) is 0 Å². The van der Waals surface area contributed by atoms with Crippen molar-refractivity contribution in [3.63, 3.8) is 0 Å². The number of benzene rings is 1. The number of hydrogen-bond acceptors (Lipinski definition) is 6. The molecule has 1 aromatic carbocycles. The van der Waals surface area contributed by atoms with Crippen molar-refractivity contribution in [2.24, 2.45) is 5.92 Å². The van der Waals surface area contributed by atoms with Gasteiger partial charge in [0.15, 0.2) is 5.76 Å². The van der Waals surface area contributed by atoms with Gasteiger partial charge in [-0.25, -0.2) is 9.78 Å². The van der Waals surface area contributed by atoms with E-state index in [2.05, 4.69) is 15.2 Å². The van der Waals surface area contributed by atoms with E-state index in [-0.39, 0.29) is 6.09 Å². The van der Waals surface area contributed by atoms with Crippen LogP contribution in [-0.2, 0) is 11.3 Å². The number of hydrogen-bond donors (Lipinski definition) is 1. The maximum absolute atomic E-state index is 11.8. The van der Waals surface area contributed by atoms with Gasteiger partial charge in [-0.1, -0.05) is 0 Å². The molecule has 0 spiro atoms. The Kier molecular flexibility index (Phi) is 6.79. The van der Waals surface area contributed by atoms with Crippen LogP contribution in [0.25, 0.3) is 11.3 Å². The van der Waals surface area contributed by atoms with E-state index in [1.54, 1.807) is 13.3 Å². The van der Waals surface area contributed by atoms with Gasteiger partial charge >= 0.3 is 6.09 Å². The van der Waals surface area contributed by atoms with Crippen molar-refractivity contribution in [3.8, 4) is 17.1 Å². The smallest absolute Gasteiger partial charge is 0.407 e. The largest absolute Gasteiger partial charge is 0.497 e. The molecule has 158 valence electrons. The third-order valence-electron chi connectivity index (χ3n) is 4.93. The van der Waals surface area contributed by atoms with Gasteiger partial charge in [-0.05, 0) is 76.9 Å².